The number of nitrogens with zero attached hydrogens (tertiary/aromatic N) is 4. The van der Waals surface area contributed by atoms with Crippen molar-refractivity contribution in [2.45, 2.75) is 0 Å². The van der Waals surface area contributed by atoms with E-state index in [2.05, 4.69) is 31.2 Å². The highest BCUT2D eigenvalue weighted by molar-refractivity contribution is 9.10. The van der Waals surface area contributed by atoms with Crippen molar-refractivity contribution in [2.75, 3.05) is 0 Å². The van der Waals surface area contributed by atoms with E-state index in [0.29, 0.717) is 5.02 Å². The summed E-state index contributed by atoms with van der Waals surface area (Å²) in [6.45, 7) is 0. The lowest BCUT2D eigenvalue weighted by Gasteiger charge is -1.97. The number of hydrogen-bond acceptors (Lipinski definition) is 4. The van der Waals surface area contributed by atoms with Crippen LogP contribution in [0, 0.1) is 0 Å². The Morgan fingerprint density at radius 3 is 2.75 bits per heavy atom. The van der Waals surface area contributed by atoms with Gasteiger partial charge in [0.15, 0.2) is 5.82 Å². The van der Waals surface area contributed by atoms with Gasteiger partial charge in [-0.1, -0.05) is 75.3 Å². The molecule has 0 unspecified atom stereocenters. The molecule has 0 atom stereocenters. The van der Waals surface area contributed by atoms with E-state index in [0.717, 1.165) is 31.4 Å². The van der Waals surface area contributed by atoms with Gasteiger partial charge in [-0.05, 0) is 29.8 Å². The molecule has 0 bridgehead atoms. The zero-order chi connectivity index (χ0) is 16.5. The Morgan fingerprint density at radius 1 is 1.04 bits per heavy atom. The van der Waals surface area contributed by atoms with Crippen molar-refractivity contribution in [3.05, 3.63) is 68.6 Å². The summed E-state index contributed by atoms with van der Waals surface area (Å²) in [5, 5.41) is 14.6. The van der Waals surface area contributed by atoms with Crippen LogP contribution in [0.2, 0.25) is 5.02 Å². The zero-order valence-electron chi connectivity index (χ0n) is 12.2. The number of rotatable bonds is 3. The molecule has 4 rings (SSSR count). The summed E-state index contributed by atoms with van der Waals surface area (Å²) in [4.78, 5) is 0.754. The van der Waals surface area contributed by atoms with Crippen LogP contribution in [0.5, 0.6) is 0 Å². The molecule has 2 heterocycles. The molecule has 0 N–H and O–H groups in total. The third kappa shape index (κ3) is 3.00. The summed E-state index contributed by atoms with van der Waals surface area (Å²) < 4.78 is 2.75. The molecular formula is C17H10BrClN4S. The molecule has 4 nitrogen and oxygen atoms in total. The first-order valence-electron chi connectivity index (χ1n) is 7.11. The van der Waals surface area contributed by atoms with E-state index in [1.165, 1.54) is 11.3 Å². The van der Waals surface area contributed by atoms with E-state index < -0.39 is 0 Å². The zero-order valence-corrected chi connectivity index (χ0v) is 15.4. The maximum Gasteiger partial charge on any atom is 0.235 e. The molecule has 0 fully saturated rings. The van der Waals surface area contributed by atoms with Gasteiger partial charge >= 0.3 is 0 Å². The topological polar surface area (TPSA) is 43.1 Å². The maximum atomic E-state index is 6.17. The van der Waals surface area contributed by atoms with Gasteiger partial charge in [-0.15, -0.1) is 10.2 Å². The smallest absolute Gasteiger partial charge is 0.182 e. The third-order valence-electron chi connectivity index (χ3n) is 3.40. The first kappa shape index (κ1) is 15.5. The van der Waals surface area contributed by atoms with Gasteiger partial charge in [0.25, 0.3) is 0 Å². The van der Waals surface area contributed by atoms with E-state index in [4.69, 9.17) is 11.6 Å². The molecule has 2 aromatic heterocycles. The highest BCUT2D eigenvalue weighted by Crippen LogP contribution is 2.25. The minimum absolute atomic E-state index is 0.714. The van der Waals surface area contributed by atoms with Crippen molar-refractivity contribution >= 4 is 56.0 Å². The molecule has 0 spiro atoms. The van der Waals surface area contributed by atoms with E-state index >= 15 is 0 Å². The van der Waals surface area contributed by atoms with Gasteiger partial charge in [0, 0.05) is 15.1 Å². The van der Waals surface area contributed by atoms with Gasteiger partial charge in [-0.3, -0.25) is 0 Å². The van der Waals surface area contributed by atoms with Crippen LogP contribution < -0.4 is 0 Å². The lowest BCUT2D eigenvalue weighted by Crippen LogP contribution is -1.90. The molecule has 0 aliphatic heterocycles. The summed E-state index contributed by atoms with van der Waals surface area (Å²) in [5.74, 6) is 0.722. The lowest BCUT2D eigenvalue weighted by atomic mass is 10.2. The Morgan fingerprint density at radius 2 is 1.92 bits per heavy atom. The van der Waals surface area contributed by atoms with Gasteiger partial charge < -0.3 is 0 Å². The molecule has 2 aromatic carbocycles. The highest BCUT2D eigenvalue weighted by atomic mass is 79.9. The summed E-state index contributed by atoms with van der Waals surface area (Å²) in [6, 6.07) is 15.6. The third-order valence-corrected chi connectivity index (χ3v) is 5.10. The monoisotopic (exact) mass is 416 g/mol. The van der Waals surface area contributed by atoms with E-state index in [-0.39, 0.29) is 0 Å². The molecule has 118 valence electrons. The number of benzene rings is 2. The first-order valence-corrected chi connectivity index (χ1v) is 9.10. The molecule has 0 saturated carbocycles. The summed E-state index contributed by atoms with van der Waals surface area (Å²) in [7, 11) is 0. The van der Waals surface area contributed by atoms with Crippen LogP contribution in [0.1, 0.15) is 10.6 Å². The SMILES string of the molecule is Clc1ccccc1C=Cc1nn2c(-c3cccc(Br)c3)nnc2s1. The predicted molar refractivity (Wildman–Crippen MR) is 102 cm³/mol. The van der Waals surface area contributed by atoms with E-state index in [1.54, 1.807) is 4.52 Å². The van der Waals surface area contributed by atoms with Crippen molar-refractivity contribution in [3.63, 3.8) is 0 Å². The van der Waals surface area contributed by atoms with Crippen molar-refractivity contribution in [1.82, 2.24) is 19.8 Å². The second kappa shape index (κ2) is 6.47. The fourth-order valence-corrected chi connectivity index (χ4v) is 3.62. The van der Waals surface area contributed by atoms with Gasteiger partial charge in [0.05, 0.1) is 0 Å². The van der Waals surface area contributed by atoms with Gasteiger partial charge in [0.1, 0.15) is 5.01 Å². The van der Waals surface area contributed by atoms with Crippen LogP contribution in [0.15, 0.2) is 53.0 Å². The Hall–Kier alpha value is -2.02. The lowest BCUT2D eigenvalue weighted by molar-refractivity contribution is 0.959. The van der Waals surface area contributed by atoms with Crippen LogP contribution in [-0.2, 0) is 0 Å². The molecule has 24 heavy (non-hydrogen) atoms. The Bertz CT molecular complexity index is 1050. The Kier molecular flexibility index (Phi) is 4.18. The number of fused-ring (bicyclic) bond motifs is 1. The molecule has 7 heteroatoms. The van der Waals surface area contributed by atoms with Crippen LogP contribution in [-0.4, -0.2) is 19.8 Å². The number of halogens is 2. The second-order valence-corrected chi connectivity index (χ2v) is 7.33. The summed E-state index contributed by atoms with van der Waals surface area (Å²) >= 11 is 11.1. The molecule has 4 aromatic rings. The molecule has 0 saturated heterocycles. The predicted octanol–water partition coefficient (Wildman–Crippen LogP) is 5.44. The maximum absolute atomic E-state index is 6.17. The van der Waals surface area contributed by atoms with E-state index in [9.17, 15) is 0 Å². The standard InChI is InChI=1S/C17H10BrClN4S/c18-13-6-3-5-12(10-13)16-20-21-17-23(16)22-15(24-17)9-8-11-4-1-2-7-14(11)19/h1-10H. The fraction of sp³-hybridized carbons (Fsp3) is 0. The number of aromatic nitrogens is 4. The van der Waals surface area contributed by atoms with Crippen molar-refractivity contribution in [2.24, 2.45) is 0 Å². The van der Waals surface area contributed by atoms with Gasteiger partial charge in [0.2, 0.25) is 4.96 Å². The highest BCUT2D eigenvalue weighted by Gasteiger charge is 2.12. The molecule has 0 amide bonds. The number of hydrogen-bond donors (Lipinski definition) is 0. The summed E-state index contributed by atoms with van der Waals surface area (Å²) in [5.41, 5.74) is 1.92. The van der Waals surface area contributed by atoms with Gasteiger partial charge in [-0.2, -0.15) is 9.61 Å². The fourth-order valence-electron chi connectivity index (χ4n) is 2.28. The minimum atomic E-state index is 0.714. The van der Waals surface area contributed by atoms with Crippen molar-refractivity contribution in [3.8, 4) is 11.4 Å². The van der Waals surface area contributed by atoms with Crippen molar-refractivity contribution < 1.29 is 0 Å². The molecule has 0 radical (unpaired) electrons. The van der Waals surface area contributed by atoms with Crippen LogP contribution >= 0.6 is 38.9 Å². The van der Waals surface area contributed by atoms with Crippen LogP contribution in [0.3, 0.4) is 0 Å². The Labute approximate surface area is 155 Å². The second-order valence-electron chi connectivity index (χ2n) is 5.02. The molecular weight excluding hydrogens is 408 g/mol. The Balaban J connectivity index is 1.71. The average molecular weight is 418 g/mol. The quantitative estimate of drug-likeness (QED) is 0.446. The first-order chi connectivity index (χ1) is 11.7. The minimum Gasteiger partial charge on any atom is -0.182 e. The largest absolute Gasteiger partial charge is 0.235 e. The van der Waals surface area contributed by atoms with Gasteiger partial charge in [-0.25, -0.2) is 0 Å². The average Bonchev–Trinajstić information content (AvgIpc) is 3.14. The van der Waals surface area contributed by atoms with Crippen LogP contribution in [0.25, 0.3) is 28.5 Å². The van der Waals surface area contributed by atoms with Crippen molar-refractivity contribution in [1.29, 1.82) is 0 Å². The summed E-state index contributed by atoms with van der Waals surface area (Å²) in [6.07, 6.45) is 3.89. The molecule has 0 aliphatic rings. The molecule has 0 aliphatic carbocycles. The van der Waals surface area contributed by atoms with E-state index in [1.807, 2.05) is 60.7 Å². The van der Waals surface area contributed by atoms with Crippen LogP contribution in [0.4, 0.5) is 0 Å². The normalized spacial score (nSPS) is 11.6.